The Morgan fingerprint density at radius 2 is 1.68 bits per heavy atom. The Kier molecular flexibility index (Phi) is 5.00. The Hall–Kier alpha value is -0.860. The maximum atomic E-state index is 3.73. The first-order chi connectivity index (χ1) is 9.04. The van der Waals surface area contributed by atoms with Crippen molar-refractivity contribution in [2.75, 3.05) is 13.1 Å². The summed E-state index contributed by atoms with van der Waals surface area (Å²) >= 11 is 0. The van der Waals surface area contributed by atoms with E-state index in [1.54, 1.807) is 0 Å². The molecule has 1 aliphatic heterocycles. The van der Waals surface area contributed by atoms with Crippen molar-refractivity contribution >= 4 is 0 Å². The van der Waals surface area contributed by atoms with Crippen molar-refractivity contribution in [3.05, 3.63) is 34.9 Å². The van der Waals surface area contributed by atoms with E-state index in [0.29, 0.717) is 12.1 Å². The lowest BCUT2D eigenvalue weighted by atomic mass is 10.0. The third-order valence-electron chi connectivity index (χ3n) is 4.14. The van der Waals surface area contributed by atoms with Crippen molar-refractivity contribution in [3.8, 4) is 0 Å². The standard InChI is InChI=1S/C17H28N2/c1-13(2)19-7-5-17(6-8-19)18-12-16-10-14(3)9-15(4)11-16/h9-11,13,17-18H,5-8,12H2,1-4H3. The van der Waals surface area contributed by atoms with Crippen LogP contribution in [-0.4, -0.2) is 30.1 Å². The molecule has 2 nitrogen and oxygen atoms in total. The number of hydrogen-bond acceptors (Lipinski definition) is 2. The van der Waals surface area contributed by atoms with Gasteiger partial charge >= 0.3 is 0 Å². The molecule has 1 aromatic carbocycles. The summed E-state index contributed by atoms with van der Waals surface area (Å²) in [5.41, 5.74) is 4.15. The first kappa shape index (κ1) is 14.5. The third-order valence-corrected chi connectivity index (χ3v) is 4.14. The van der Waals surface area contributed by atoms with Crippen LogP contribution < -0.4 is 5.32 Å². The maximum absolute atomic E-state index is 3.73. The molecule has 0 spiro atoms. The van der Waals surface area contributed by atoms with E-state index in [4.69, 9.17) is 0 Å². The highest BCUT2D eigenvalue weighted by Crippen LogP contribution is 2.14. The molecule has 106 valence electrons. The monoisotopic (exact) mass is 260 g/mol. The zero-order valence-electron chi connectivity index (χ0n) is 12.9. The summed E-state index contributed by atoms with van der Waals surface area (Å²) in [6.45, 7) is 12.4. The minimum atomic E-state index is 0.691. The normalized spacial score (nSPS) is 18.2. The van der Waals surface area contributed by atoms with E-state index in [0.717, 1.165) is 6.54 Å². The average Bonchev–Trinajstić information content (AvgIpc) is 2.36. The molecular weight excluding hydrogens is 232 g/mol. The molecule has 0 unspecified atom stereocenters. The molecule has 2 rings (SSSR count). The number of nitrogens with zero attached hydrogens (tertiary/aromatic N) is 1. The van der Waals surface area contributed by atoms with Crippen LogP contribution in [0.4, 0.5) is 0 Å². The van der Waals surface area contributed by atoms with Gasteiger partial charge in [-0.1, -0.05) is 29.3 Å². The predicted molar refractivity (Wildman–Crippen MR) is 82.5 cm³/mol. The number of aryl methyl sites for hydroxylation is 2. The molecule has 0 saturated carbocycles. The van der Waals surface area contributed by atoms with E-state index >= 15 is 0 Å². The van der Waals surface area contributed by atoms with Gasteiger partial charge in [-0.05, 0) is 59.2 Å². The zero-order valence-corrected chi connectivity index (χ0v) is 12.9. The smallest absolute Gasteiger partial charge is 0.0208 e. The van der Waals surface area contributed by atoms with Gasteiger partial charge in [-0.3, -0.25) is 0 Å². The Morgan fingerprint density at radius 1 is 1.11 bits per heavy atom. The van der Waals surface area contributed by atoms with Crippen molar-refractivity contribution in [3.63, 3.8) is 0 Å². The topological polar surface area (TPSA) is 15.3 Å². The average molecular weight is 260 g/mol. The van der Waals surface area contributed by atoms with E-state index < -0.39 is 0 Å². The number of rotatable bonds is 4. The quantitative estimate of drug-likeness (QED) is 0.894. The largest absolute Gasteiger partial charge is 0.310 e. The third kappa shape index (κ3) is 4.32. The molecule has 0 bridgehead atoms. The van der Waals surface area contributed by atoms with Crippen molar-refractivity contribution in [2.24, 2.45) is 0 Å². The van der Waals surface area contributed by atoms with Gasteiger partial charge in [-0.2, -0.15) is 0 Å². The first-order valence-electron chi connectivity index (χ1n) is 7.59. The van der Waals surface area contributed by atoms with Crippen LogP contribution in [0.25, 0.3) is 0 Å². The van der Waals surface area contributed by atoms with Crippen LogP contribution in [0.5, 0.6) is 0 Å². The molecule has 0 aliphatic carbocycles. The van der Waals surface area contributed by atoms with Gasteiger partial charge in [0, 0.05) is 18.6 Å². The summed E-state index contributed by atoms with van der Waals surface area (Å²) in [6.07, 6.45) is 2.56. The number of piperidine rings is 1. The number of likely N-dealkylation sites (tertiary alicyclic amines) is 1. The summed E-state index contributed by atoms with van der Waals surface area (Å²) in [4.78, 5) is 2.58. The molecule has 1 aliphatic rings. The summed E-state index contributed by atoms with van der Waals surface area (Å²) in [5.74, 6) is 0. The fraction of sp³-hybridized carbons (Fsp3) is 0.647. The first-order valence-corrected chi connectivity index (χ1v) is 7.59. The number of benzene rings is 1. The van der Waals surface area contributed by atoms with Crippen LogP contribution >= 0.6 is 0 Å². The van der Waals surface area contributed by atoms with Gasteiger partial charge in [0.15, 0.2) is 0 Å². The Labute approximate surface area is 118 Å². The van der Waals surface area contributed by atoms with Crippen molar-refractivity contribution < 1.29 is 0 Å². The van der Waals surface area contributed by atoms with E-state index in [2.05, 4.69) is 56.1 Å². The summed E-state index contributed by atoms with van der Waals surface area (Å²) in [7, 11) is 0. The van der Waals surface area contributed by atoms with Crippen LogP contribution in [0.1, 0.15) is 43.4 Å². The van der Waals surface area contributed by atoms with Gasteiger partial charge in [0.05, 0.1) is 0 Å². The molecule has 1 heterocycles. The Bertz CT molecular complexity index is 383. The summed E-state index contributed by atoms with van der Waals surface area (Å²) in [5, 5.41) is 3.73. The van der Waals surface area contributed by atoms with Gasteiger partial charge in [0.2, 0.25) is 0 Å². The summed E-state index contributed by atoms with van der Waals surface area (Å²) < 4.78 is 0. The highest BCUT2D eigenvalue weighted by Gasteiger charge is 2.20. The van der Waals surface area contributed by atoms with Gasteiger partial charge in [0.1, 0.15) is 0 Å². The molecule has 1 aromatic rings. The fourth-order valence-corrected chi connectivity index (χ4v) is 3.05. The van der Waals surface area contributed by atoms with Crippen molar-refractivity contribution in [2.45, 2.75) is 59.2 Å². The van der Waals surface area contributed by atoms with Crippen LogP contribution in [0.15, 0.2) is 18.2 Å². The molecule has 1 fully saturated rings. The summed E-state index contributed by atoms with van der Waals surface area (Å²) in [6, 6.07) is 8.22. The molecule has 0 radical (unpaired) electrons. The second-order valence-corrected chi connectivity index (χ2v) is 6.28. The molecule has 2 heteroatoms. The minimum absolute atomic E-state index is 0.691. The maximum Gasteiger partial charge on any atom is 0.0208 e. The van der Waals surface area contributed by atoms with Crippen molar-refractivity contribution in [1.29, 1.82) is 0 Å². The van der Waals surface area contributed by atoms with E-state index in [1.807, 2.05) is 0 Å². The number of hydrogen-bond donors (Lipinski definition) is 1. The van der Waals surface area contributed by atoms with E-state index in [-0.39, 0.29) is 0 Å². The van der Waals surface area contributed by atoms with Crippen LogP contribution in [0.2, 0.25) is 0 Å². The molecule has 1 saturated heterocycles. The van der Waals surface area contributed by atoms with Crippen LogP contribution in [0.3, 0.4) is 0 Å². The lowest BCUT2D eigenvalue weighted by Crippen LogP contribution is -2.44. The molecule has 19 heavy (non-hydrogen) atoms. The molecule has 0 aromatic heterocycles. The van der Waals surface area contributed by atoms with Gasteiger partial charge in [-0.25, -0.2) is 0 Å². The molecule has 0 amide bonds. The van der Waals surface area contributed by atoms with Crippen LogP contribution in [-0.2, 0) is 6.54 Å². The second kappa shape index (κ2) is 6.53. The van der Waals surface area contributed by atoms with E-state index in [1.165, 1.54) is 42.6 Å². The Morgan fingerprint density at radius 3 is 2.21 bits per heavy atom. The highest BCUT2D eigenvalue weighted by atomic mass is 15.2. The second-order valence-electron chi connectivity index (χ2n) is 6.28. The van der Waals surface area contributed by atoms with Crippen molar-refractivity contribution in [1.82, 2.24) is 10.2 Å². The van der Waals surface area contributed by atoms with Crippen LogP contribution in [0, 0.1) is 13.8 Å². The Balaban J connectivity index is 1.80. The van der Waals surface area contributed by atoms with E-state index in [9.17, 15) is 0 Å². The number of nitrogens with one attached hydrogen (secondary N) is 1. The lowest BCUT2D eigenvalue weighted by Gasteiger charge is -2.35. The van der Waals surface area contributed by atoms with Gasteiger partial charge < -0.3 is 10.2 Å². The van der Waals surface area contributed by atoms with Gasteiger partial charge in [-0.15, -0.1) is 0 Å². The minimum Gasteiger partial charge on any atom is -0.310 e. The SMILES string of the molecule is Cc1cc(C)cc(CNC2CCN(C(C)C)CC2)c1. The molecule has 1 N–H and O–H groups in total. The highest BCUT2D eigenvalue weighted by molar-refractivity contribution is 5.28. The zero-order chi connectivity index (χ0) is 13.8. The van der Waals surface area contributed by atoms with Gasteiger partial charge in [0.25, 0.3) is 0 Å². The fourth-order valence-electron chi connectivity index (χ4n) is 3.05. The molecular formula is C17H28N2. The lowest BCUT2D eigenvalue weighted by molar-refractivity contribution is 0.161. The predicted octanol–water partition coefficient (Wildman–Crippen LogP) is 3.27. The molecule has 0 atom stereocenters.